The zero-order valence-electron chi connectivity index (χ0n) is 6.28. The van der Waals surface area contributed by atoms with E-state index in [0.717, 1.165) is 5.56 Å². The Bertz CT molecular complexity index is 237. The lowest BCUT2D eigenvalue weighted by atomic mass is 10.2. The monoisotopic (exact) mass is 149 g/mol. The van der Waals surface area contributed by atoms with Gasteiger partial charge in [0.1, 0.15) is 0 Å². The summed E-state index contributed by atoms with van der Waals surface area (Å²) in [5, 5.41) is 0. The van der Waals surface area contributed by atoms with Gasteiger partial charge in [0, 0.05) is 12.4 Å². The minimum atomic E-state index is -0.226. The van der Waals surface area contributed by atoms with Gasteiger partial charge in [-0.15, -0.1) is 0 Å². The standard InChI is InChI=1S/C7H8BNO2/c8-11-7(10)5-6-1-3-9-4-2-6/h1-4H,5,8H2. The SMILES string of the molecule is BOC(=O)Cc1ccncc1. The number of hydrogen-bond donors (Lipinski definition) is 0. The summed E-state index contributed by atoms with van der Waals surface area (Å²) in [5.74, 6) is -0.226. The fourth-order valence-electron chi connectivity index (χ4n) is 0.739. The fourth-order valence-corrected chi connectivity index (χ4v) is 0.739. The van der Waals surface area contributed by atoms with E-state index in [1.54, 1.807) is 24.5 Å². The smallest absolute Gasteiger partial charge is 0.325 e. The first-order valence-corrected chi connectivity index (χ1v) is 3.28. The first kappa shape index (κ1) is 7.79. The van der Waals surface area contributed by atoms with Crippen LogP contribution in [-0.4, -0.2) is 19.0 Å². The Morgan fingerprint density at radius 1 is 1.55 bits per heavy atom. The normalized spacial score (nSPS) is 9.09. The molecule has 11 heavy (non-hydrogen) atoms. The highest BCUT2D eigenvalue weighted by Gasteiger charge is 1.99. The van der Waals surface area contributed by atoms with Gasteiger partial charge in [0.05, 0.1) is 6.42 Å². The maximum atomic E-state index is 10.7. The van der Waals surface area contributed by atoms with Crippen molar-refractivity contribution in [3.63, 3.8) is 0 Å². The number of nitrogens with zero attached hydrogens (tertiary/aromatic N) is 1. The van der Waals surface area contributed by atoms with Crippen molar-refractivity contribution in [2.75, 3.05) is 0 Å². The molecule has 0 fully saturated rings. The van der Waals surface area contributed by atoms with Gasteiger partial charge in [-0.3, -0.25) is 9.78 Å². The molecule has 1 heterocycles. The number of aromatic nitrogens is 1. The van der Waals surface area contributed by atoms with E-state index in [2.05, 4.69) is 9.64 Å². The molecule has 0 saturated carbocycles. The molecule has 1 rings (SSSR count). The molecule has 0 N–H and O–H groups in total. The van der Waals surface area contributed by atoms with E-state index in [1.807, 2.05) is 0 Å². The van der Waals surface area contributed by atoms with Crippen molar-refractivity contribution >= 4 is 14.0 Å². The van der Waals surface area contributed by atoms with Gasteiger partial charge in [-0.2, -0.15) is 0 Å². The molecule has 56 valence electrons. The van der Waals surface area contributed by atoms with Gasteiger partial charge in [0.2, 0.25) is 0 Å². The molecule has 1 aromatic rings. The average Bonchev–Trinajstić information content (AvgIpc) is 2.06. The van der Waals surface area contributed by atoms with E-state index < -0.39 is 0 Å². The molecule has 0 aromatic carbocycles. The molecule has 0 atom stereocenters. The molecule has 0 aliphatic carbocycles. The van der Waals surface area contributed by atoms with Crippen LogP contribution in [0, 0.1) is 0 Å². The van der Waals surface area contributed by atoms with Crippen molar-refractivity contribution in [3.05, 3.63) is 30.1 Å². The van der Waals surface area contributed by atoms with Crippen LogP contribution < -0.4 is 0 Å². The van der Waals surface area contributed by atoms with Gasteiger partial charge in [-0.05, 0) is 17.7 Å². The van der Waals surface area contributed by atoms with Crippen LogP contribution in [0.5, 0.6) is 0 Å². The Balaban J connectivity index is 2.58. The predicted octanol–water partition coefficient (Wildman–Crippen LogP) is -0.285. The first-order chi connectivity index (χ1) is 5.33. The van der Waals surface area contributed by atoms with E-state index in [0.29, 0.717) is 6.42 Å². The summed E-state index contributed by atoms with van der Waals surface area (Å²) in [6, 6.07) is 3.58. The summed E-state index contributed by atoms with van der Waals surface area (Å²) < 4.78 is 4.49. The molecule has 0 aliphatic heterocycles. The van der Waals surface area contributed by atoms with Crippen LogP contribution in [0.4, 0.5) is 0 Å². The Hall–Kier alpha value is -1.32. The molecule has 4 heteroatoms. The summed E-state index contributed by atoms with van der Waals surface area (Å²) in [4.78, 5) is 14.6. The second-order valence-electron chi connectivity index (χ2n) is 2.11. The van der Waals surface area contributed by atoms with E-state index >= 15 is 0 Å². The Morgan fingerprint density at radius 2 is 2.18 bits per heavy atom. The summed E-state index contributed by atoms with van der Waals surface area (Å²) in [6.07, 6.45) is 3.62. The lowest BCUT2D eigenvalue weighted by Crippen LogP contribution is -2.04. The quantitative estimate of drug-likeness (QED) is 0.542. The largest absolute Gasteiger partial charge is 0.543 e. The lowest BCUT2D eigenvalue weighted by Gasteiger charge is -1.97. The van der Waals surface area contributed by atoms with Gasteiger partial charge >= 0.3 is 8.05 Å². The highest BCUT2D eigenvalue weighted by atomic mass is 16.5. The Morgan fingerprint density at radius 3 is 2.73 bits per heavy atom. The molecular formula is C7H8BNO2. The van der Waals surface area contributed by atoms with Crippen molar-refractivity contribution in [1.29, 1.82) is 0 Å². The molecule has 0 saturated heterocycles. The van der Waals surface area contributed by atoms with Crippen molar-refractivity contribution in [2.45, 2.75) is 6.42 Å². The van der Waals surface area contributed by atoms with Crippen LogP contribution in [0.15, 0.2) is 24.5 Å². The van der Waals surface area contributed by atoms with Crippen LogP contribution in [0.25, 0.3) is 0 Å². The Kier molecular flexibility index (Phi) is 2.66. The highest BCUT2D eigenvalue weighted by Crippen LogP contribution is 1.97. The minimum Gasteiger partial charge on any atom is -0.543 e. The number of carbonyl (C=O) groups excluding carboxylic acids is 1. The molecule has 0 amide bonds. The van der Waals surface area contributed by atoms with Crippen LogP contribution in [0.3, 0.4) is 0 Å². The van der Waals surface area contributed by atoms with Crippen LogP contribution in [0.1, 0.15) is 5.56 Å². The second-order valence-corrected chi connectivity index (χ2v) is 2.11. The van der Waals surface area contributed by atoms with E-state index in [1.165, 1.54) is 8.05 Å². The van der Waals surface area contributed by atoms with Crippen molar-refractivity contribution in [2.24, 2.45) is 0 Å². The zero-order valence-corrected chi connectivity index (χ0v) is 6.28. The predicted molar refractivity (Wildman–Crippen MR) is 42.6 cm³/mol. The topological polar surface area (TPSA) is 39.2 Å². The summed E-state index contributed by atoms with van der Waals surface area (Å²) in [6.45, 7) is 0. The summed E-state index contributed by atoms with van der Waals surface area (Å²) in [5.41, 5.74) is 0.923. The third kappa shape index (κ3) is 2.41. The van der Waals surface area contributed by atoms with E-state index in [-0.39, 0.29) is 5.97 Å². The first-order valence-electron chi connectivity index (χ1n) is 3.28. The minimum absolute atomic E-state index is 0.226. The lowest BCUT2D eigenvalue weighted by molar-refractivity contribution is -0.133. The van der Waals surface area contributed by atoms with E-state index in [4.69, 9.17) is 0 Å². The van der Waals surface area contributed by atoms with Crippen LogP contribution >= 0.6 is 0 Å². The molecule has 0 unspecified atom stereocenters. The van der Waals surface area contributed by atoms with Crippen LogP contribution in [-0.2, 0) is 15.9 Å². The zero-order chi connectivity index (χ0) is 8.10. The maximum absolute atomic E-state index is 10.7. The molecule has 1 aromatic heterocycles. The summed E-state index contributed by atoms with van der Waals surface area (Å²) >= 11 is 0. The second kappa shape index (κ2) is 3.76. The number of carbonyl (C=O) groups is 1. The third-order valence-electron chi connectivity index (χ3n) is 1.33. The highest BCUT2D eigenvalue weighted by molar-refractivity contribution is 6.05. The molecule has 0 spiro atoms. The van der Waals surface area contributed by atoms with E-state index in [9.17, 15) is 4.79 Å². The number of rotatable bonds is 2. The van der Waals surface area contributed by atoms with Gasteiger partial charge < -0.3 is 4.65 Å². The maximum Gasteiger partial charge on any atom is 0.325 e. The summed E-state index contributed by atoms with van der Waals surface area (Å²) in [7, 11) is 1.38. The van der Waals surface area contributed by atoms with Crippen molar-refractivity contribution < 1.29 is 9.45 Å². The molecule has 0 radical (unpaired) electrons. The fraction of sp³-hybridized carbons (Fsp3) is 0.143. The van der Waals surface area contributed by atoms with Gasteiger partial charge in [-0.1, -0.05) is 0 Å². The van der Waals surface area contributed by atoms with Crippen molar-refractivity contribution in [1.82, 2.24) is 4.98 Å². The third-order valence-corrected chi connectivity index (χ3v) is 1.33. The molecule has 0 aliphatic rings. The molecular weight excluding hydrogens is 141 g/mol. The molecule has 0 bridgehead atoms. The molecule has 3 nitrogen and oxygen atoms in total. The van der Waals surface area contributed by atoms with Gasteiger partial charge in [0.25, 0.3) is 5.97 Å². The van der Waals surface area contributed by atoms with Crippen molar-refractivity contribution in [3.8, 4) is 0 Å². The van der Waals surface area contributed by atoms with Gasteiger partial charge in [0.15, 0.2) is 0 Å². The number of pyridine rings is 1. The number of hydrogen-bond acceptors (Lipinski definition) is 3. The average molecular weight is 149 g/mol. The van der Waals surface area contributed by atoms with Crippen LogP contribution in [0.2, 0.25) is 0 Å². The van der Waals surface area contributed by atoms with Gasteiger partial charge in [-0.25, -0.2) is 0 Å². The Labute approximate surface area is 65.8 Å².